The van der Waals surface area contributed by atoms with Crippen LogP contribution in [0.25, 0.3) is 0 Å². The van der Waals surface area contributed by atoms with E-state index in [0.717, 1.165) is 26.2 Å². The second-order valence-electron chi connectivity index (χ2n) is 4.90. The van der Waals surface area contributed by atoms with Crippen LogP contribution >= 0.6 is 0 Å². The molecule has 18 heavy (non-hydrogen) atoms. The number of rotatable bonds is 8. The molecule has 0 atom stereocenters. The van der Waals surface area contributed by atoms with E-state index in [1.54, 1.807) is 7.11 Å². The van der Waals surface area contributed by atoms with Crippen LogP contribution in [0.5, 0.6) is 0 Å². The van der Waals surface area contributed by atoms with Crippen LogP contribution in [0.1, 0.15) is 25.0 Å². The minimum Gasteiger partial charge on any atom is -0.383 e. The average Bonchev–Trinajstić information content (AvgIpc) is 2.36. The normalized spacial score (nSPS) is 11.4. The first-order valence-corrected chi connectivity index (χ1v) is 6.62. The highest BCUT2D eigenvalue weighted by molar-refractivity contribution is 5.22. The Bertz CT molecular complexity index is 322. The van der Waals surface area contributed by atoms with Gasteiger partial charge in [0.25, 0.3) is 0 Å². The summed E-state index contributed by atoms with van der Waals surface area (Å²) in [5.41, 5.74) is 2.69. The zero-order chi connectivity index (χ0) is 13.4. The smallest absolute Gasteiger partial charge is 0.0589 e. The van der Waals surface area contributed by atoms with Gasteiger partial charge >= 0.3 is 0 Å². The Morgan fingerprint density at radius 3 is 2.28 bits per heavy atom. The minimum atomic E-state index is 0.539. The molecule has 3 nitrogen and oxygen atoms in total. The van der Waals surface area contributed by atoms with Gasteiger partial charge in [0.1, 0.15) is 0 Å². The Labute approximate surface area is 111 Å². The summed E-state index contributed by atoms with van der Waals surface area (Å²) >= 11 is 0. The maximum atomic E-state index is 5.16. The van der Waals surface area contributed by atoms with Crippen LogP contribution < -0.4 is 5.32 Å². The van der Waals surface area contributed by atoms with Crippen molar-refractivity contribution in [3.8, 4) is 0 Å². The van der Waals surface area contributed by atoms with Gasteiger partial charge in [0, 0.05) is 32.8 Å². The maximum absolute atomic E-state index is 5.16. The zero-order valence-electron chi connectivity index (χ0n) is 12.1. The highest BCUT2D eigenvalue weighted by Gasteiger charge is 2.09. The molecule has 0 aliphatic carbocycles. The minimum absolute atomic E-state index is 0.539. The maximum Gasteiger partial charge on any atom is 0.0589 e. The molecule has 3 heteroatoms. The van der Waals surface area contributed by atoms with Crippen molar-refractivity contribution in [2.24, 2.45) is 0 Å². The summed E-state index contributed by atoms with van der Waals surface area (Å²) < 4.78 is 5.16. The molecule has 0 radical (unpaired) electrons. The third kappa shape index (κ3) is 5.17. The second-order valence-corrected chi connectivity index (χ2v) is 4.90. The van der Waals surface area contributed by atoms with Gasteiger partial charge in [-0.05, 0) is 32.0 Å². The quantitative estimate of drug-likeness (QED) is 0.766. The summed E-state index contributed by atoms with van der Waals surface area (Å²) in [4.78, 5) is 2.43. The molecule has 0 fully saturated rings. The van der Waals surface area contributed by atoms with Gasteiger partial charge in [-0.2, -0.15) is 0 Å². The van der Waals surface area contributed by atoms with Crippen molar-refractivity contribution in [3.63, 3.8) is 0 Å². The van der Waals surface area contributed by atoms with E-state index in [9.17, 15) is 0 Å². The Morgan fingerprint density at radius 1 is 1.17 bits per heavy atom. The van der Waals surface area contributed by atoms with Crippen LogP contribution in [0, 0.1) is 0 Å². The summed E-state index contributed by atoms with van der Waals surface area (Å²) in [6.07, 6.45) is 0. The molecule has 0 saturated heterocycles. The van der Waals surface area contributed by atoms with Gasteiger partial charge < -0.3 is 10.1 Å². The molecular formula is C15H26N2O. The van der Waals surface area contributed by atoms with E-state index in [4.69, 9.17) is 4.74 Å². The fourth-order valence-electron chi connectivity index (χ4n) is 1.93. The monoisotopic (exact) mass is 250 g/mol. The van der Waals surface area contributed by atoms with Crippen LogP contribution in [0.15, 0.2) is 24.3 Å². The van der Waals surface area contributed by atoms with Crippen molar-refractivity contribution in [3.05, 3.63) is 35.4 Å². The molecule has 0 heterocycles. The van der Waals surface area contributed by atoms with Crippen molar-refractivity contribution >= 4 is 0 Å². The molecule has 0 amide bonds. The Balaban J connectivity index is 2.57. The first-order valence-electron chi connectivity index (χ1n) is 6.62. The average molecular weight is 250 g/mol. The summed E-state index contributed by atoms with van der Waals surface area (Å²) in [7, 11) is 3.73. The number of ether oxygens (including phenoxy) is 1. The van der Waals surface area contributed by atoms with Gasteiger partial charge in [-0.1, -0.05) is 24.3 Å². The van der Waals surface area contributed by atoms with Crippen LogP contribution in [0.2, 0.25) is 0 Å². The van der Waals surface area contributed by atoms with E-state index in [1.165, 1.54) is 11.1 Å². The number of benzene rings is 1. The van der Waals surface area contributed by atoms with Crippen LogP contribution in [0.4, 0.5) is 0 Å². The lowest BCUT2D eigenvalue weighted by molar-refractivity contribution is 0.125. The number of hydrogen-bond acceptors (Lipinski definition) is 3. The molecule has 1 N–H and O–H groups in total. The Kier molecular flexibility index (Phi) is 6.94. The van der Waals surface area contributed by atoms with E-state index in [-0.39, 0.29) is 0 Å². The molecule has 1 aromatic rings. The summed E-state index contributed by atoms with van der Waals surface area (Å²) in [6, 6.07) is 9.36. The van der Waals surface area contributed by atoms with Gasteiger partial charge in [0.05, 0.1) is 6.61 Å². The molecular weight excluding hydrogens is 224 g/mol. The van der Waals surface area contributed by atoms with Gasteiger partial charge in [-0.15, -0.1) is 0 Å². The van der Waals surface area contributed by atoms with Crippen molar-refractivity contribution < 1.29 is 4.74 Å². The van der Waals surface area contributed by atoms with Crippen LogP contribution in [-0.2, 0) is 17.8 Å². The van der Waals surface area contributed by atoms with E-state index in [1.807, 2.05) is 7.05 Å². The van der Waals surface area contributed by atoms with Gasteiger partial charge in [-0.3, -0.25) is 4.90 Å². The van der Waals surface area contributed by atoms with E-state index >= 15 is 0 Å². The fourth-order valence-corrected chi connectivity index (χ4v) is 1.93. The third-order valence-corrected chi connectivity index (χ3v) is 3.10. The lowest BCUT2D eigenvalue weighted by atomic mass is 10.1. The van der Waals surface area contributed by atoms with E-state index < -0.39 is 0 Å². The fraction of sp³-hybridized carbons (Fsp3) is 0.600. The van der Waals surface area contributed by atoms with E-state index in [0.29, 0.717) is 6.04 Å². The molecule has 0 aliphatic heterocycles. The highest BCUT2D eigenvalue weighted by Crippen LogP contribution is 2.10. The van der Waals surface area contributed by atoms with Crippen LogP contribution in [0.3, 0.4) is 0 Å². The lowest BCUT2D eigenvalue weighted by Crippen LogP contribution is -2.33. The molecule has 1 aromatic carbocycles. The number of nitrogens with zero attached hydrogens (tertiary/aromatic N) is 1. The molecule has 0 spiro atoms. The summed E-state index contributed by atoms with van der Waals surface area (Å²) in [5, 5.41) is 3.16. The predicted octanol–water partition coefficient (Wildman–Crippen LogP) is 2.26. The summed E-state index contributed by atoms with van der Waals surface area (Å²) in [6.45, 7) is 8.14. The van der Waals surface area contributed by atoms with Crippen molar-refractivity contribution in [2.75, 3.05) is 27.3 Å². The lowest BCUT2D eigenvalue weighted by Gasteiger charge is -2.26. The third-order valence-electron chi connectivity index (χ3n) is 3.10. The zero-order valence-corrected chi connectivity index (χ0v) is 12.1. The molecule has 0 saturated carbocycles. The summed E-state index contributed by atoms with van der Waals surface area (Å²) in [5.74, 6) is 0. The number of methoxy groups -OCH3 is 1. The molecule has 0 aromatic heterocycles. The van der Waals surface area contributed by atoms with E-state index in [2.05, 4.69) is 48.3 Å². The molecule has 0 aliphatic rings. The first kappa shape index (κ1) is 15.2. The number of nitrogens with one attached hydrogen (secondary N) is 1. The van der Waals surface area contributed by atoms with Gasteiger partial charge in [-0.25, -0.2) is 0 Å². The molecule has 102 valence electrons. The molecule has 1 rings (SSSR count). The van der Waals surface area contributed by atoms with Crippen LogP contribution in [-0.4, -0.2) is 38.3 Å². The Morgan fingerprint density at radius 2 is 1.78 bits per heavy atom. The van der Waals surface area contributed by atoms with Crippen molar-refractivity contribution in [2.45, 2.75) is 33.0 Å². The Hall–Kier alpha value is -0.900. The standard InChI is InChI=1S/C15H26N2O/c1-13(2)17(9-10-18-4)12-15-7-5-14(6-8-15)11-16-3/h5-8,13,16H,9-12H2,1-4H3. The van der Waals surface area contributed by atoms with Crippen molar-refractivity contribution in [1.82, 2.24) is 10.2 Å². The molecule has 0 unspecified atom stereocenters. The molecule has 0 bridgehead atoms. The van der Waals surface area contributed by atoms with Gasteiger partial charge in [0.2, 0.25) is 0 Å². The number of hydrogen-bond donors (Lipinski definition) is 1. The largest absolute Gasteiger partial charge is 0.383 e. The predicted molar refractivity (Wildman–Crippen MR) is 76.6 cm³/mol. The van der Waals surface area contributed by atoms with Gasteiger partial charge in [0.15, 0.2) is 0 Å². The topological polar surface area (TPSA) is 24.5 Å². The first-order chi connectivity index (χ1) is 8.67. The SMILES string of the molecule is CNCc1ccc(CN(CCOC)C(C)C)cc1. The highest BCUT2D eigenvalue weighted by atomic mass is 16.5. The second kappa shape index (κ2) is 8.25. The van der Waals surface area contributed by atoms with Crippen molar-refractivity contribution in [1.29, 1.82) is 0 Å².